The predicted octanol–water partition coefficient (Wildman–Crippen LogP) is 10.9. The van der Waals surface area contributed by atoms with E-state index in [2.05, 4.69) is 98.9 Å². The molecule has 2 atom stereocenters. The van der Waals surface area contributed by atoms with Crippen LogP contribution in [0.3, 0.4) is 0 Å². The molecule has 0 spiro atoms. The highest BCUT2D eigenvalue weighted by atomic mass is 16.6. The van der Waals surface area contributed by atoms with Gasteiger partial charge in [0.2, 0.25) is 0 Å². The molecule has 0 aromatic heterocycles. The number of allylic oxidation sites excluding steroid dienone is 20. The van der Waals surface area contributed by atoms with Gasteiger partial charge in [0.05, 0.1) is 40.3 Å². The molecule has 8 nitrogen and oxygen atoms in total. The quantitative estimate of drug-likeness (QED) is 0.0202. The van der Waals surface area contributed by atoms with Crippen molar-refractivity contribution in [3.63, 3.8) is 0 Å². The van der Waals surface area contributed by atoms with E-state index in [0.29, 0.717) is 12.8 Å². The first-order valence-electron chi connectivity index (χ1n) is 22.1. The lowest BCUT2D eigenvalue weighted by Crippen LogP contribution is -2.55. The van der Waals surface area contributed by atoms with E-state index < -0.39 is 18.1 Å². The van der Waals surface area contributed by atoms with E-state index in [1.807, 2.05) is 36.5 Å². The molecule has 0 aliphatic carbocycles. The maximum atomic E-state index is 12.7. The highest BCUT2D eigenvalue weighted by molar-refractivity contribution is 5.70. The Morgan fingerprint density at radius 2 is 0.983 bits per heavy atom. The number of ether oxygens (including phenoxy) is 3. The Balaban J connectivity index is 4.46. The van der Waals surface area contributed by atoms with Gasteiger partial charge in [0.25, 0.3) is 0 Å². The predicted molar refractivity (Wildman–Crippen MR) is 244 cm³/mol. The number of esters is 2. The van der Waals surface area contributed by atoms with Gasteiger partial charge in [-0.2, -0.15) is 0 Å². The summed E-state index contributed by atoms with van der Waals surface area (Å²) in [5.41, 5.74) is 0. The number of aliphatic carboxylic acids is 1. The van der Waals surface area contributed by atoms with Crippen molar-refractivity contribution >= 4 is 17.9 Å². The van der Waals surface area contributed by atoms with Crippen LogP contribution in [0.4, 0.5) is 0 Å². The van der Waals surface area contributed by atoms with Gasteiger partial charge < -0.3 is 28.6 Å². The molecule has 0 aromatic rings. The van der Waals surface area contributed by atoms with Crippen molar-refractivity contribution < 1.29 is 38.2 Å². The molecule has 0 amide bonds. The van der Waals surface area contributed by atoms with E-state index >= 15 is 0 Å². The highest BCUT2D eigenvalue weighted by Crippen LogP contribution is 2.11. The number of quaternary nitrogens is 1. The Morgan fingerprint density at radius 3 is 1.49 bits per heavy atom. The summed E-state index contributed by atoms with van der Waals surface area (Å²) < 4.78 is 17.1. The number of carboxylic acids is 1. The van der Waals surface area contributed by atoms with Crippen LogP contribution in [-0.4, -0.2) is 75.5 Å². The number of likely N-dealkylation sites (N-methyl/N-ethyl adjacent to an activating group) is 1. The number of carbonyl (C=O) groups is 3. The van der Waals surface area contributed by atoms with E-state index in [4.69, 9.17) is 14.2 Å². The van der Waals surface area contributed by atoms with Crippen LogP contribution in [0.15, 0.2) is 122 Å². The van der Waals surface area contributed by atoms with E-state index in [9.17, 15) is 19.5 Å². The molecule has 0 radical (unpaired) electrons. The molecule has 0 heterocycles. The van der Waals surface area contributed by atoms with Crippen LogP contribution in [0, 0.1) is 0 Å². The molecule has 0 bridgehead atoms. The Labute approximate surface area is 359 Å². The van der Waals surface area contributed by atoms with E-state index in [1.54, 1.807) is 21.1 Å². The van der Waals surface area contributed by atoms with E-state index in [0.717, 1.165) is 89.9 Å². The number of hydrogen-bond donors (Lipinski definition) is 0. The fourth-order valence-electron chi connectivity index (χ4n) is 5.55. The molecule has 0 aliphatic heterocycles. The van der Waals surface area contributed by atoms with Gasteiger partial charge >= 0.3 is 11.9 Å². The molecule has 59 heavy (non-hydrogen) atoms. The molecule has 0 rings (SSSR count). The van der Waals surface area contributed by atoms with Gasteiger partial charge in [0.15, 0.2) is 6.10 Å². The van der Waals surface area contributed by atoms with Crippen molar-refractivity contribution in [2.24, 2.45) is 0 Å². The average Bonchev–Trinajstić information content (AvgIpc) is 3.19. The second kappa shape index (κ2) is 40.5. The molecule has 0 saturated carbocycles. The van der Waals surface area contributed by atoms with Gasteiger partial charge in [-0.1, -0.05) is 148 Å². The minimum absolute atomic E-state index is 0.00425. The Hall–Kier alpha value is -4.27. The van der Waals surface area contributed by atoms with Gasteiger partial charge in [0.1, 0.15) is 12.6 Å². The summed E-state index contributed by atoms with van der Waals surface area (Å²) in [7, 11) is 5.36. The monoisotopic (exact) mass is 818 g/mol. The molecular formula is C51H79NO7. The minimum atomic E-state index is -1.14. The smallest absolute Gasteiger partial charge is 0.306 e. The lowest BCUT2D eigenvalue weighted by molar-refractivity contribution is -0.889. The van der Waals surface area contributed by atoms with Crippen LogP contribution in [-0.2, 0) is 28.6 Å². The summed E-state index contributed by atoms with van der Waals surface area (Å²) in [6.07, 6.45) is 56.6. The van der Waals surface area contributed by atoms with Crippen molar-refractivity contribution in [3.05, 3.63) is 122 Å². The minimum Gasteiger partial charge on any atom is -0.544 e. The Morgan fingerprint density at radius 1 is 0.525 bits per heavy atom. The van der Waals surface area contributed by atoms with Gasteiger partial charge in [-0.05, 0) is 83.5 Å². The summed E-state index contributed by atoms with van der Waals surface area (Å²) >= 11 is 0. The van der Waals surface area contributed by atoms with Crippen LogP contribution in [0.1, 0.15) is 129 Å². The normalized spacial score (nSPS) is 14.1. The van der Waals surface area contributed by atoms with Gasteiger partial charge in [-0.15, -0.1) is 0 Å². The number of carboxylic acid groups (broad SMARTS) is 1. The van der Waals surface area contributed by atoms with Gasteiger partial charge in [-0.25, -0.2) is 0 Å². The van der Waals surface area contributed by atoms with Crippen molar-refractivity contribution in [2.45, 2.75) is 142 Å². The molecule has 0 N–H and O–H groups in total. The van der Waals surface area contributed by atoms with E-state index in [-0.39, 0.29) is 49.1 Å². The summed E-state index contributed by atoms with van der Waals surface area (Å²) in [4.78, 5) is 36.8. The zero-order valence-electron chi connectivity index (χ0n) is 37.4. The lowest BCUT2D eigenvalue weighted by Gasteiger charge is -2.34. The summed E-state index contributed by atoms with van der Waals surface area (Å²) in [6.45, 7) is 4.29. The maximum absolute atomic E-state index is 12.7. The third kappa shape index (κ3) is 39.0. The Bertz CT molecular complexity index is 1370. The highest BCUT2D eigenvalue weighted by Gasteiger charge is 2.25. The molecular weight excluding hydrogens is 739 g/mol. The fraction of sp³-hybridized carbons (Fsp3) is 0.549. The lowest BCUT2D eigenvalue weighted by atomic mass is 10.1. The molecule has 0 aliphatic rings. The molecule has 330 valence electrons. The fourth-order valence-corrected chi connectivity index (χ4v) is 5.55. The SMILES string of the molecule is CC/C=C/C=C/C=C/C=C/CCCCCC(=O)OC(COCCC(C(=O)[O-])[N+](C)(C)C)COC(=O)CCCCC/C=C/C/C=C/C/C=C/C/C=C/C/C=C/C/C=C/CC. The zero-order valence-corrected chi connectivity index (χ0v) is 37.4. The summed E-state index contributed by atoms with van der Waals surface area (Å²) in [6, 6.07) is -0.746. The second-order valence-corrected chi connectivity index (χ2v) is 15.3. The van der Waals surface area contributed by atoms with Crippen molar-refractivity contribution in [2.75, 3.05) is 41.0 Å². The average molecular weight is 818 g/mol. The maximum Gasteiger partial charge on any atom is 0.306 e. The molecule has 2 unspecified atom stereocenters. The summed E-state index contributed by atoms with van der Waals surface area (Å²) in [5.74, 6) is -1.85. The largest absolute Gasteiger partial charge is 0.544 e. The van der Waals surface area contributed by atoms with Crippen LogP contribution >= 0.6 is 0 Å². The number of hydrogen-bond acceptors (Lipinski definition) is 7. The van der Waals surface area contributed by atoms with Crippen molar-refractivity contribution in [1.82, 2.24) is 0 Å². The van der Waals surface area contributed by atoms with Gasteiger partial charge in [-0.3, -0.25) is 9.59 Å². The summed E-state index contributed by atoms with van der Waals surface area (Å²) in [5, 5.41) is 11.6. The first-order chi connectivity index (χ1) is 28.6. The van der Waals surface area contributed by atoms with Gasteiger partial charge in [0, 0.05) is 19.3 Å². The molecule has 0 aromatic carbocycles. The van der Waals surface area contributed by atoms with Crippen molar-refractivity contribution in [1.29, 1.82) is 0 Å². The van der Waals surface area contributed by atoms with Crippen LogP contribution in [0.2, 0.25) is 0 Å². The topological polar surface area (TPSA) is 102 Å². The number of carbonyl (C=O) groups excluding carboxylic acids is 3. The number of nitrogens with zero attached hydrogens (tertiary/aromatic N) is 1. The molecule has 0 fully saturated rings. The number of unbranched alkanes of at least 4 members (excludes halogenated alkanes) is 6. The Kier molecular flexibility index (Phi) is 37.6. The standard InChI is InChI=1S/C51H79NO7/c1-6-8-10-12-14-16-18-20-21-22-23-24-25-26-27-28-30-31-33-35-37-39-41-49(53)58-46-47(45-57-44-43-48(51(55)56)52(3,4)5)59-50(54)42-40-38-36-34-32-29-19-17-15-13-11-9-7-2/h8-11,13-17,19-21,23-24,26-27,29-32,47-48H,6-7,12,18,22,25,28,33-46H2,1-5H3/b10-8+,11-9+,15-13+,16-14+,19-17+,21-20+,24-23+,27-26+,31-30+,32-29+. The third-order valence-electron chi connectivity index (χ3n) is 8.94. The van der Waals surface area contributed by atoms with Crippen molar-refractivity contribution in [3.8, 4) is 0 Å². The first-order valence-corrected chi connectivity index (χ1v) is 22.1. The number of rotatable bonds is 37. The third-order valence-corrected chi connectivity index (χ3v) is 8.94. The molecule has 0 saturated heterocycles. The van der Waals surface area contributed by atoms with Crippen LogP contribution < -0.4 is 5.11 Å². The first kappa shape index (κ1) is 54.7. The molecule has 8 heteroatoms. The van der Waals surface area contributed by atoms with E-state index in [1.165, 1.54) is 0 Å². The zero-order chi connectivity index (χ0) is 43.5. The second-order valence-electron chi connectivity index (χ2n) is 15.3. The van der Waals surface area contributed by atoms with Crippen LogP contribution in [0.25, 0.3) is 0 Å². The van der Waals surface area contributed by atoms with Crippen LogP contribution in [0.5, 0.6) is 0 Å².